The lowest BCUT2D eigenvalue weighted by Gasteiger charge is -2.30. The fraction of sp³-hybridized carbons (Fsp3) is 0.364. The van der Waals surface area contributed by atoms with Crippen LogP contribution in [0.4, 0.5) is 5.69 Å². The number of carbonyl (C=O) groups excluding carboxylic acids is 2. The molecule has 0 aliphatic carbocycles. The summed E-state index contributed by atoms with van der Waals surface area (Å²) in [7, 11) is -3.80. The van der Waals surface area contributed by atoms with Crippen molar-refractivity contribution in [2.24, 2.45) is 5.92 Å². The Hall–Kier alpha value is -2.13. The molecule has 1 saturated heterocycles. The first-order chi connectivity index (χ1) is 15.2. The summed E-state index contributed by atoms with van der Waals surface area (Å²) in [6, 6.07) is 10.8. The van der Waals surface area contributed by atoms with Gasteiger partial charge in [0.25, 0.3) is 0 Å². The molecule has 0 aromatic heterocycles. The van der Waals surface area contributed by atoms with Crippen molar-refractivity contribution >= 4 is 50.8 Å². The fourth-order valence-corrected chi connectivity index (χ4v) is 5.59. The average molecular weight is 499 g/mol. The van der Waals surface area contributed by atoms with Gasteiger partial charge in [-0.2, -0.15) is 4.31 Å². The van der Waals surface area contributed by atoms with Gasteiger partial charge in [-0.1, -0.05) is 30.1 Å². The van der Waals surface area contributed by atoms with E-state index in [4.69, 9.17) is 27.9 Å². The highest BCUT2D eigenvalue weighted by molar-refractivity contribution is 7.89. The molecule has 0 bridgehead atoms. The first-order valence-corrected chi connectivity index (χ1v) is 12.4. The molecule has 3 rings (SSSR count). The third-order valence-corrected chi connectivity index (χ3v) is 7.78. The summed E-state index contributed by atoms with van der Waals surface area (Å²) in [5.74, 6) is -0.923. The molecule has 1 aliphatic heterocycles. The van der Waals surface area contributed by atoms with E-state index < -0.39 is 16.0 Å². The minimum Gasteiger partial charge on any atom is -0.462 e. The Morgan fingerprint density at radius 2 is 1.75 bits per heavy atom. The molecule has 2 aromatic carbocycles. The smallest absolute Gasteiger partial charge is 0.338 e. The van der Waals surface area contributed by atoms with E-state index in [0.29, 0.717) is 30.7 Å². The lowest BCUT2D eigenvalue weighted by atomic mass is 9.97. The van der Waals surface area contributed by atoms with Crippen LogP contribution in [0, 0.1) is 5.92 Å². The first kappa shape index (κ1) is 24.5. The van der Waals surface area contributed by atoms with Crippen molar-refractivity contribution in [3.63, 3.8) is 0 Å². The molecule has 7 nitrogen and oxygen atoms in total. The van der Waals surface area contributed by atoms with Gasteiger partial charge in [0.1, 0.15) is 4.90 Å². The van der Waals surface area contributed by atoms with E-state index in [1.165, 1.54) is 22.5 Å². The van der Waals surface area contributed by atoms with Crippen molar-refractivity contribution in [2.45, 2.75) is 31.1 Å². The van der Waals surface area contributed by atoms with Crippen LogP contribution in [0.15, 0.2) is 47.4 Å². The lowest BCUT2D eigenvalue weighted by Crippen LogP contribution is -2.41. The predicted octanol–water partition coefficient (Wildman–Crippen LogP) is 4.60. The predicted molar refractivity (Wildman–Crippen MR) is 124 cm³/mol. The second kappa shape index (κ2) is 10.7. The van der Waals surface area contributed by atoms with E-state index in [1.54, 1.807) is 24.3 Å². The number of hydrogen-bond donors (Lipinski definition) is 1. The highest BCUT2D eigenvalue weighted by Gasteiger charge is 2.33. The summed E-state index contributed by atoms with van der Waals surface area (Å²) in [6.07, 6.45) is 1.50. The summed E-state index contributed by atoms with van der Waals surface area (Å²) in [5.41, 5.74) is 0.970. The molecule has 1 amide bonds. The Morgan fingerprint density at radius 3 is 2.38 bits per heavy atom. The summed E-state index contributed by atoms with van der Waals surface area (Å²) in [5, 5.41) is 3.22. The summed E-state index contributed by atoms with van der Waals surface area (Å²) < 4.78 is 32.3. The molecular weight excluding hydrogens is 475 g/mol. The lowest BCUT2D eigenvalue weighted by molar-refractivity contribution is -0.120. The number of rotatable bonds is 7. The second-order valence-corrected chi connectivity index (χ2v) is 10.2. The minimum atomic E-state index is -3.80. The van der Waals surface area contributed by atoms with Gasteiger partial charge >= 0.3 is 5.97 Å². The number of benzene rings is 2. The van der Waals surface area contributed by atoms with Crippen LogP contribution in [0.25, 0.3) is 0 Å². The number of hydrogen-bond acceptors (Lipinski definition) is 5. The third kappa shape index (κ3) is 5.81. The number of amides is 1. The molecule has 172 valence electrons. The molecule has 0 radical (unpaired) electrons. The minimum absolute atomic E-state index is 0.0351. The molecule has 32 heavy (non-hydrogen) atoms. The number of halogens is 2. The maximum absolute atomic E-state index is 12.9. The molecule has 1 N–H and O–H groups in total. The van der Waals surface area contributed by atoms with Crippen LogP contribution in [-0.4, -0.2) is 44.3 Å². The van der Waals surface area contributed by atoms with Crippen molar-refractivity contribution in [3.05, 3.63) is 58.1 Å². The van der Waals surface area contributed by atoms with Crippen LogP contribution in [0.1, 0.15) is 36.5 Å². The van der Waals surface area contributed by atoms with Gasteiger partial charge in [-0.25, -0.2) is 13.2 Å². The second-order valence-electron chi connectivity index (χ2n) is 7.46. The van der Waals surface area contributed by atoms with Gasteiger partial charge < -0.3 is 10.1 Å². The molecular formula is C22H24Cl2N2O5S. The van der Waals surface area contributed by atoms with Gasteiger partial charge in [0.2, 0.25) is 15.9 Å². The quantitative estimate of drug-likeness (QED) is 0.563. The molecule has 1 heterocycles. The van der Waals surface area contributed by atoms with E-state index in [0.717, 1.165) is 6.42 Å². The number of sulfonamides is 1. The summed E-state index contributed by atoms with van der Waals surface area (Å²) >= 11 is 12.0. The van der Waals surface area contributed by atoms with E-state index in [9.17, 15) is 18.0 Å². The molecule has 0 unspecified atom stereocenters. The van der Waals surface area contributed by atoms with Crippen molar-refractivity contribution in [1.29, 1.82) is 0 Å². The van der Waals surface area contributed by atoms with Crippen LogP contribution < -0.4 is 5.32 Å². The van der Waals surface area contributed by atoms with E-state index in [2.05, 4.69) is 5.32 Å². The molecule has 0 spiro atoms. The molecule has 0 atom stereocenters. The van der Waals surface area contributed by atoms with Crippen LogP contribution in [0.3, 0.4) is 0 Å². The molecule has 0 saturated carbocycles. The van der Waals surface area contributed by atoms with Crippen LogP contribution in [0.5, 0.6) is 0 Å². The van der Waals surface area contributed by atoms with Crippen LogP contribution in [0.2, 0.25) is 10.0 Å². The van der Waals surface area contributed by atoms with Crippen molar-refractivity contribution in [3.8, 4) is 0 Å². The molecule has 1 aliphatic rings. The number of nitrogens with one attached hydrogen (secondary N) is 1. The van der Waals surface area contributed by atoms with Crippen molar-refractivity contribution in [2.75, 3.05) is 25.0 Å². The van der Waals surface area contributed by atoms with Gasteiger partial charge in [-0.05, 0) is 61.7 Å². The zero-order chi connectivity index (χ0) is 23.3. The van der Waals surface area contributed by atoms with E-state index in [1.807, 2.05) is 6.92 Å². The average Bonchev–Trinajstić information content (AvgIpc) is 2.79. The maximum Gasteiger partial charge on any atom is 0.338 e. The molecule has 1 fully saturated rings. The van der Waals surface area contributed by atoms with Crippen molar-refractivity contribution < 1.29 is 22.7 Å². The zero-order valence-corrected chi connectivity index (χ0v) is 19.8. The number of ether oxygens (including phenoxy) is 1. The summed E-state index contributed by atoms with van der Waals surface area (Å²) in [4.78, 5) is 24.5. The standard InChI is InChI=1S/C22H24Cl2N2O5S/c1-2-13-31-22(28)16-3-6-18(7-4-16)25-21(27)15-9-11-26(12-10-15)32(29,30)20-14-17(23)5-8-19(20)24/h3-8,14-15H,2,9-13H2,1H3,(H,25,27). The van der Waals surface area contributed by atoms with Gasteiger partial charge in [-0.3, -0.25) is 4.79 Å². The third-order valence-electron chi connectivity index (χ3n) is 5.16. The van der Waals surface area contributed by atoms with Gasteiger partial charge in [-0.15, -0.1) is 0 Å². The number of esters is 1. The SMILES string of the molecule is CCCOC(=O)c1ccc(NC(=O)C2CCN(S(=O)(=O)c3cc(Cl)ccc3Cl)CC2)cc1. The van der Waals surface area contributed by atoms with Crippen LogP contribution >= 0.6 is 23.2 Å². The Kier molecular flexibility index (Phi) is 8.16. The molecule has 2 aromatic rings. The number of nitrogens with zero attached hydrogens (tertiary/aromatic N) is 1. The number of piperidine rings is 1. The van der Waals surface area contributed by atoms with Gasteiger partial charge in [0, 0.05) is 29.7 Å². The Bertz CT molecular complexity index is 1080. The number of carbonyl (C=O) groups is 2. The van der Waals surface area contributed by atoms with E-state index in [-0.39, 0.29) is 39.9 Å². The normalized spacial score (nSPS) is 15.3. The zero-order valence-electron chi connectivity index (χ0n) is 17.5. The summed E-state index contributed by atoms with van der Waals surface area (Å²) in [6.45, 7) is 2.67. The topological polar surface area (TPSA) is 92.8 Å². The fourth-order valence-electron chi connectivity index (χ4n) is 3.38. The Balaban J connectivity index is 1.57. The van der Waals surface area contributed by atoms with Crippen molar-refractivity contribution in [1.82, 2.24) is 4.31 Å². The van der Waals surface area contributed by atoms with Crippen LogP contribution in [-0.2, 0) is 19.6 Å². The van der Waals surface area contributed by atoms with Gasteiger partial charge in [0.15, 0.2) is 0 Å². The largest absolute Gasteiger partial charge is 0.462 e. The highest BCUT2D eigenvalue weighted by Crippen LogP contribution is 2.30. The van der Waals surface area contributed by atoms with E-state index >= 15 is 0 Å². The first-order valence-electron chi connectivity index (χ1n) is 10.3. The Labute approximate surface area is 197 Å². The highest BCUT2D eigenvalue weighted by atomic mass is 35.5. The Morgan fingerprint density at radius 1 is 1.09 bits per heavy atom. The number of anilines is 1. The monoisotopic (exact) mass is 498 g/mol. The maximum atomic E-state index is 12.9. The van der Waals surface area contributed by atoms with Gasteiger partial charge in [0.05, 0.1) is 17.2 Å². The molecule has 10 heteroatoms.